The lowest BCUT2D eigenvalue weighted by atomic mass is 10.1. The van der Waals surface area contributed by atoms with Gasteiger partial charge >= 0.3 is 0 Å². The van der Waals surface area contributed by atoms with Gasteiger partial charge in [0.05, 0.1) is 19.3 Å². The van der Waals surface area contributed by atoms with Crippen LogP contribution in [0.2, 0.25) is 0 Å². The normalized spacial score (nSPS) is 17.6. The number of hydrogen-bond acceptors (Lipinski definition) is 4. The SMILES string of the molecule is CC(C)Oc1cccnc1C(=O)N1CCOC(c2cccc(F)c2)C1. The van der Waals surface area contributed by atoms with Gasteiger partial charge in [-0.15, -0.1) is 0 Å². The van der Waals surface area contributed by atoms with E-state index < -0.39 is 0 Å². The molecule has 1 aromatic heterocycles. The number of aromatic nitrogens is 1. The molecule has 1 unspecified atom stereocenters. The van der Waals surface area contributed by atoms with Crippen LogP contribution in [-0.2, 0) is 4.74 Å². The van der Waals surface area contributed by atoms with Crippen molar-refractivity contribution in [2.24, 2.45) is 0 Å². The number of halogens is 1. The van der Waals surface area contributed by atoms with Crippen LogP contribution in [0.4, 0.5) is 4.39 Å². The highest BCUT2D eigenvalue weighted by molar-refractivity contribution is 5.95. The first-order chi connectivity index (χ1) is 12.0. The largest absolute Gasteiger partial charge is 0.489 e. The number of rotatable bonds is 4. The molecule has 1 atom stereocenters. The smallest absolute Gasteiger partial charge is 0.276 e. The first-order valence-electron chi connectivity index (χ1n) is 8.32. The summed E-state index contributed by atoms with van der Waals surface area (Å²) in [5, 5.41) is 0. The number of morpholine rings is 1. The molecule has 2 aromatic rings. The number of benzene rings is 1. The van der Waals surface area contributed by atoms with Crippen molar-refractivity contribution in [3.8, 4) is 5.75 Å². The van der Waals surface area contributed by atoms with Crippen LogP contribution in [-0.4, -0.2) is 41.6 Å². The third-order valence-corrected chi connectivity index (χ3v) is 3.91. The highest BCUT2D eigenvalue weighted by Crippen LogP contribution is 2.25. The number of hydrogen-bond donors (Lipinski definition) is 0. The maximum absolute atomic E-state index is 13.5. The summed E-state index contributed by atoms with van der Waals surface area (Å²) in [6, 6.07) is 9.75. The van der Waals surface area contributed by atoms with Crippen molar-refractivity contribution in [1.82, 2.24) is 9.88 Å². The fourth-order valence-electron chi connectivity index (χ4n) is 2.79. The number of carbonyl (C=O) groups excluding carboxylic acids is 1. The van der Waals surface area contributed by atoms with Crippen molar-refractivity contribution in [2.75, 3.05) is 19.7 Å². The van der Waals surface area contributed by atoms with Gasteiger partial charge in [-0.05, 0) is 43.7 Å². The predicted molar refractivity (Wildman–Crippen MR) is 91.0 cm³/mol. The molecule has 1 aliphatic heterocycles. The second kappa shape index (κ2) is 7.61. The Morgan fingerprint density at radius 2 is 2.20 bits per heavy atom. The van der Waals surface area contributed by atoms with Gasteiger partial charge < -0.3 is 14.4 Å². The molecular formula is C19H21FN2O3. The Labute approximate surface area is 146 Å². The van der Waals surface area contributed by atoms with Gasteiger partial charge in [0.1, 0.15) is 11.9 Å². The summed E-state index contributed by atoms with van der Waals surface area (Å²) in [5.41, 5.74) is 1.01. The van der Waals surface area contributed by atoms with Gasteiger partial charge in [0.2, 0.25) is 0 Å². The maximum atomic E-state index is 13.5. The van der Waals surface area contributed by atoms with E-state index in [9.17, 15) is 9.18 Å². The summed E-state index contributed by atoms with van der Waals surface area (Å²) in [6.45, 7) is 4.99. The minimum absolute atomic E-state index is 0.0551. The summed E-state index contributed by atoms with van der Waals surface area (Å²) < 4.78 is 24.9. The van der Waals surface area contributed by atoms with Crippen molar-refractivity contribution >= 4 is 5.91 Å². The fraction of sp³-hybridized carbons (Fsp3) is 0.368. The van der Waals surface area contributed by atoms with Crippen LogP contribution in [0.1, 0.15) is 36.0 Å². The fourth-order valence-corrected chi connectivity index (χ4v) is 2.79. The lowest BCUT2D eigenvalue weighted by molar-refractivity contribution is -0.0232. The molecule has 0 bridgehead atoms. The average molecular weight is 344 g/mol. The predicted octanol–water partition coefficient (Wildman–Crippen LogP) is 3.22. The Bertz CT molecular complexity index is 751. The highest BCUT2D eigenvalue weighted by Gasteiger charge is 2.28. The molecule has 25 heavy (non-hydrogen) atoms. The van der Waals surface area contributed by atoms with Crippen molar-refractivity contribution in [2.45, 2.75) is 26.1 Å². The Hall–Kier alpha value is -2.47. The third kappa shape index (κ3) is 4.14. The lowest BCUT2D eigenvalue weighted by Crippen LogP contribution is -2.42. The summed E-state index contributed by atoms with van der Waals surface area (Å²) in [4.78, 5) is 18.8. The molecule has 2 heterocycles. The molecular weight excluding hydrogens is 323 g/mol. The van der Waals surface area contributed by atoms with Gasteiger partial charge in [0, 0.05) is 12.7 Å². The zero-order valence-electron chi connectivity index (χ0n) is 14.3. The summed E-state index contributed by atoms with van der Waals surface area (Å²) in [5.74, 6) is -0.0563. The number of carbonyl (C=O) groups is 1. The van der Waals surface area contributed by atoms with Gasteiger partial charge in [-0.3, -0.25) is 4.79 Å². The highest BCUT2D eigenvalue weighted by atomic mass is 19.1. The summed E-state index contributed by atoms with van der Waals surface area (Å²) in [7, 11) is 0. The first kappa shape index (κ1) is 17.4. The van der Waals surface area contributed by atoms with E-state index in [0.29, 0.717) is 25.4 Å². The summed E-state index contributed by atoms with van der Waals surface area (Å²) in [6.07, 6.45) is 1.16. The molecule has 0 saturated carbocycles. The Morgan fingerprint density at radius 1 is 1.36 bits per heavy atom. The zero-order valence-corrected chi connectivity index (χ0v) is 14.3. The molecule has 6 heteroatoms. The van der Waals surface area contributed by atoms with Crippen molar-refractivity contribution in [3.05, 3.63) is 59.7 Å². The van der Waals surface area contributed by atoms with E-state index in [1.807, 2.05) is 13.8 Å². The molecule has 1 amide bonds. The molecule has 0 N–H and O–H groups in total. The first-order valence-corrected chi connectivity index (χ1v) is 8.32. The lowest BCUT2D eigenvalue weighted by Gasteiger charge is -2.33. The molecule has 132 valence electrons. The van der Waals surface area contributed by atoms with Crippen molar-refractivity contribution in [1.29, 1.82) is 0 Å². The molecule has 1 fully saturated rings. The van der Waals surface area contributed by atoms with Crippen molar-refractivity contribution < 1.29 is 18.7 Å². The van der Waals surface area contributed by atoms with Crippen LogP contribution in [0.25, 0.3) is 0 Å². The monoisotopic (exact) mass is 344 g/mol. The molecule has 0 aliphatic carbocycles. The number of ether oxygens (including phenoxy) is 2. The second-order valence-electron chi connectivity index (χ2n) is 6.18. The van der Waals surface area contributed by atoms with E-state index in [2.05, 4.69) is 4.98 Å². The number of pyridine rings is 1. The van der Waals surface area contributed by atoms with Crippen LogP contribution in [0.3, 0.4) is 0 Å². The molecule has 0 spiro atoms. The topological polar surface area (TPSA) is 51.7 Å². The second-order valence-corrected chi connectivity index (χ2v) is 6.18. The van der Waals surface area contributed by atoms with E-state index >= 15 is 0 Å². The Kier molecular flexibility index (Phi) is 5.28. The molecule has 1 aliphatic rings. The van der Waals surface area contributed by atoms with E-state index in [1.54, 1.807) is 35.4 Å². The number of nitrogens with zero attached hydrogens (tertiary/aromatic N) is 2. The van der Waals surface area contributed by atoms with Gasteiger partial charge in [-0.2, -0.15) is 0 Å². The van der Waals surface area contributed by atoms with Crippen LogP contribution >= 0.6 is 0 Å². The molecule has 1 aromatic carbocycles. The Balaban J connectivity index is 1.79. The van der Waals surface area contributed by atoms with Crippen LogP contribution < -0.4 is 4.74 Å². The van der Waals surface area contributed by atoms with Crippen LogP contribution in [0, 0.1) is 5.82 Å². The molecule has 3 rings (SSSR count). The Morgan fingerprint density at radius 3 is 2.96 bits per heavy atom. The van der Waals surface area contributed by atoms with Gasteiger partial charge in [0.15, 0.2) is 11.4 Å². The molecule has 0 radical (unpaired) electrons. The van der Waals surface area contributed by atoms with Crippen LogP contribution in [0.5, 0.6) is 5.75 Å². The van der Waals surface area contributed by atoms with Gasteiger partial charge in [-0.1, -0.05) is 12.1 Å². The standard InChI is InChI=1S/C19H21FN2O3/c1-13(2)25-16-7-4-8-21-18(16)19(23)22-9-10-24-17(12-22)14-5-3-6-15(20)11-14/h3-8,11,13,17H,9-10,12H2,1-2H3. The van der Waals surface area contributed by atoms with Crippen LogP contribution in [0.15, 0.2) is 42.6 Å². The maximum Gasteiger partial charge on any atom is 0.276 e. The van der Waals surface area contributed by atoms with E-state index in [4.69, 9.17) is 9.47 Å². The van der Waals surface area contributed by atoms with Gasteiger partial charge in [0.25, 0.3) is 5.91 Å². The molecule has 1 saturated heterocycles. The average Bonchev–Trinajstić information content (AvgIpc) is 2.61. The van der Waals surface area contributed by atoms with E-state index in [-0.39, 0.29) is 29.6 Å². The zero-order chi connectivity index (χ0) is 17.8. The number of amides is 1. The third-order valence-electron chi connectivity index (χ3n) is 3.91. The minimum Gasteiger partial charge on any atom is -0.489 e. The van der Waals surface area contributed by atoms with Gasteiger partial charge in [-0.25, -0.2) is 9.37 Å². The van der Waals surface area contributed by atoms with E-state index in [0.717, 1.165) is 5.56 Å². The minimum atomic E-state index is -0.355. The quantitative estimate of drug-likeness (QED) is 0.854. The summed E-state index contributed by atoms with van der Waals surface area (Å²) >= 11 is 0. The van der Waals surface area contributed by atoms with Crippen molar-refractivity contribution in [3.63, 3.8) is 0 Å². The van der Waals surface area contributed by atoms with E-state index in [1.165, 1.54) is 12.1 Å². The molecule has 5 nitrogen and oxygen atoms in total.